The van der Waals surface area contributed by atoms with Crippen molar-refractivity contribution in [2.45, 2.75) is 13.3 Å². The Bertz CT molecular complexity index is 649. The van der Waals surface area contributed by atoms with Crippen LogP contribution >= 0.6 is 23.2 Å². The molecule has 0 saturated carbocycles. The maximum atomic E-state index is 12.2. The van der Waals surface area contributed by atoms with Crippen LogP contribution in [-0.4, -0.2) is 22.4 Å². The molecule has 0 saturated heterocycles. The molecule has 110 valence electrons. The number of anilines is 2. The van der Waals surface area contributed by atoms with E-state index in [1.807, 2.05) is 6.92 Å². The van der Waals surface area contributed by atoms with Gasteiger partial charge >= 0.3 is 0 Å². The largest absolute Gasteiger partial charge is 0.370 e. The van der Waals surface area contributed by atoms with Crippen molar-refractivity contribution in [3.8, 4) is 0 Å². The molecule has 1 amide bonds. The number of rotatable bonds is 5. The van der Waals surface area contributed by atoms with Crippen LogP contribution in [0.1, 0.15) is 23.7 Å². The third-order valence-electron chi connectivity index (χ3n) is 2.60. The molecule has 0 aliphatic carbocycles. The summed E-state index contributed by atoms with van der Waals surface area (Å²) in [5, 5.41) is 6.34. The number of nitrogens with one attached hydrogen (secondary N) is 2. The first-order valence-electron chi connectivity index (χ1n) is 6.43. The van der Waals surface area contributed by atoms with Gasteiger partial charge < -0.3 is 10.6 Å². The molecule has 21 heavy (non-hydrogen) atoms. The van der Waals surface area contributed by atoms with Gasteiger partial charge in [0.15, 0.2) is 5.82 Å². The smallest absolute Gasteiger partial charge is 0.257 e. The van der Waals surface area contributed by atoms with Crippen LogP contribution in [0.4, 0.5) is 11.6 Å². The van der Waals surface area contributed by atoms with E-state index < -0.39 is 0 Å². The summed E-state index contributed by atoms with van der Waals surface area (Å²) >= 11 is 11.9. The molecule has 2 rings (SSSR count). The van der Waals surface area contributed by atoms with Gasteiger partial charge in [0.2, 0.25) is 0 Å². The molecule has 2 aromatic heterocycles. The number of hydrogen-bond donors (Lipinski definition) is 2. The molecule has 0 aliphatic rings. The summed E-state index contributed by atoms with van der Waals surface area (Å²) in [7, 11) is 0. The van der Waals surface area contributed by atoms with E-state index in [1.165, 1.54) is 6.07 Å². The van der Waals surface area contributed by atoms with Gasteiger partial charge in [0, 0.05) is 18.3 Å². The molecular weight excluding hydrogens is 311 g/mol. The summed E-state index contributed by atoms with van der Waals surface area (Å²) in [6.07, 6.45) is 2.49. The molecule has 0 unspecified atom stereocenters. The molecule has 0 radical (unpaired) electrons. The quantitative estimate of drug-likeness (QED) is 0.819. The van der Waals surface area contributed by atoms with Crippen LogP contribution in [0.2, 0.25) is 10.2 Å². The molecule has 0 aromatic carbocycles. The van der Waals surface area contributed by atoms with Gasteiger partial charge in [-0.05, 0) is 30.7 Å². The third-order valence-corrected chi connectivity index (χ3v) is 3.10. The van der Waals surface area contributed by atoms with Crippen LogP contribution in [0.25, 0.3) is 0 Å². The first-order valence-corrected chi connectivity index (χ1v) is 7.19. The highest BCUT2D eigenvalue weighted by molar-refractivity contribution is 6.33. The Morgan fingerprint density at radius 1 is 1.33 bits per heavy atom. The van der Waals surface area contributed by atoms with Gasteiger partial charge in [-0.25, -0.2) is 9.97 Å². The lowest BCUT2D eigenvalue weighted by molar-refractivity contribution is 0.102. The number of carbonyl (C=O) groups is 1. The van der Waals surface area contributed by atoms with Gasteiger partial charge in [-0.15, -0.1) is 0 Å². The monoisotopic (exact) mass is 324 g/mol. The van der Waals surface area contributed by atoms with Crippen LogP contribution in [0.5, 0.6) is 0 Å². The normalized spacial score (nSPS) is 10.2. The second-order valence-corrected chi connectivity index (χ2v) is 5.07. The van der Waals surface area contributed by atoms with Crippen molar-refractivity contribution in [3.63, 3.8) is 0 Å². The van der Waals surface area contributed by atoms with E-state index in [9.17, 15) is 4.79 Å². The van der Waals surface area contributed by atoms with Crippen molar-refractivity contribution < 1.29 is 4.79 Å². The fraction of sp³-hybridized carbons (Fsp3) is 0.214. The van der Waals surface area contributed by atoms with Crippen LogP contribution < -0.4 is 10.6 Å². The van der Waals surface area contributed by atoms with E-state index in [1.54, 1.807) is 24.4 Å². The number of pyridine rings is 2. The maximum Gasteiger partial charge on any atom is 0.257 e. The average molecular weight is 325 g/mol. The molecule has 0 atom stereocenters. The number of halogens is 2. The van der Waals surface area contributed by atoms with Gasteiger partial charge in [-0.1, -0.05) is 30.1 Å². The van der Waals surface area contributed by atoms with Gasteiger partial charge in [0.05, 0.1) is 5.02 Å². The van der Waals surface area contributed by atoms with E-state index >= 15 is 0 Å². The van der Waals surface area contributed by atoms with Gasteiger partial charge in [0.1, 0.15) is 11.0 Å². The zero-order valence-electron chi connectivity index (χ0n) is 11.4. The molecule has 0 fully saturated rings. The van der Waals surface area contributed by atoms with E-state index in [-0.39, 0.29) is 11.1 Å². The van der Waals surface area contributed by atoms with Gasteiger partial charge in [0.25, 0.3) is 5.91 Å². The third kappa shape index (κ3) is 4.31. The minimum absolute atomic E-state index is 0.244. The highest BCUT2D eigenvalue weighted by atomic mass is 35.5. The van der Waals surface area contributed by atoms with Crippen LogP contribution in [-0.2, 0) is 0 Å². The predicted molar refractivity (Wildman–Crippen MR) is 85.2 cm³/mol. The zero-order chi connectivity index (χ0) is 15.2. The summed E-state index contributed by atoms with van der Waals surface area (Å²) < 4.78 is 0. The van der Waals surface area contributed by atoms with E-state index in [4.69, 9.17) is 23.2 Å². The Morgan fingerprint density at radius 3 is 2.86 bits per heavy atom. The van der Waals surface area contributed by atoms with Crippen LogP contribution in [0, 0.1) is 0 Å². The minimum Gasteiger partial charge on any atom is -0.370 e. The topological polar surface area (TPSA) is 66.9 Å². The lowest BCUT2D eigenvalue weighted by Crippen LogP contribution is -2.14. The second kappa shape index (κ2) is 7.24. The average Bonchev–Trinajstić information content (AvgIpc) is 2.47. The molecule has 0 spiro atoms. The molecule has 7 heteroatoms. The van der Waals surface area contributed by atoms with E-state index in [0.29, 0.717) is 22.2 Å². The fourth-order valence-corrected chi connectivity index (χ4v) is 2.01. The van der Waals surface area contributed by atoms with E-state index in [0.717, 1.165) is 13.0 Å². The fourth-order valence-electron chi connectivity index (χ4n) is 1.63. The van der Waals surface area contributed by atoms with Gasteiger partial charge in [-0.2, -0.15) is 0 Å². The first kappa shape index (κ1) is 15.5. The standard InChI is InChI=1S/C14H14Cl2N4O/c1-2-5-17-12-8-9(7-11(16)19-12)14(21)20-13-10(15)4-3-6-18-13/h3-4,6-8H,2,5H2,1H3,(H,17,19)(H,18,20,21). The molecule has 0 aliphatic heterocycles. The Labute approximate surface area is 132 Å². The summed E-state index contributed by atoms with van der Waals surface area (Å²) in [6.45, 7) is 2.79. The zero-order valence-corrected chi connectivity index (χ0v) is 12.9. The predicted octanol–water partition coefficient (Wildman–Crippen LogP) is 3.86. The number of carbonyl (C=O) groups excluding carboxylic acids is 1. The Morgan fingerprint density at radius 2 is 2.14 bits per heavy atom. The van der Waals surface area contributed by atoms with E-state index in [2.05, 4.69) is 20.6 Å². The Kier molecular flexibility index (Phi) is 5.36. The molecule has 0 bridgehead atoms. The van der Waals surface area contributed by atoms with Crippen molar-refractivity contribution in [3.05, 3.63) is 46.2 Å². The van der Waals surface area contributed by atoms with Crippen molar-refractivity contribution in [2.24, 2.45) is 0 Å². The van der Waals surface area contributed by atoms with Crippen LogP contribution in [0.3, 0.4) is 0 Å². The number of aromatic nitrogens is 2. The lowest BCUT2D eigenvalue weighted by Gasteiger charge is -2.09. The van der Waals surface area contributed by atoms with Gasteiger partial charge in [-0.3, -0.25) is 4.79 Å². The molecule has 5 nitrogen and oxygen atoms in total. The second-order valence-electron chi connectivity index (χ2n) is 4.28. The summed E-state index contributed by atoms with van der Waals surface area (Å²) in [6, 6.07) is 6.46. The summed E-state index contributed by atoms with van der Waals surface area (Å²) in [4.78, 5) is 20.3. The molecule has 2 N–H and O–H groups in total. The first-order chi connectivity index (χ1) is 10.1. The highest BCUT2D eigenvalue weighted by Gasteiger charge is 2.11. The summed E-state index contributed by atoms with van der Waals surface area (Å²) in [5.74, 6) is 0.515. The minimum atomic E-state index is -0.348. The number of amides is 1. The summed E-state index contributed by atoms with van der Waals surface area (Å²) in [5.41, 5.74) is 0.385. The Hall–Kier alpha value is -1.85. The SMILES string of the molecule is CCCNc1cc(C(=O)Nc2ncccc2Cl)cc(Cl)n1. The van der Waals surface area contributed by atoms with Crippen molar-refractivity contribution >= 4 is 40.7 Å². The molecule has 2 aromatic rings. The Balaban J connectivity index is 2.19. The van der Waals surface area contributed by atoms with Crippen molar-refractivity contribution in [1.82, 2.24) is 9.97 Å². The number of hydrogen-bond acceptors (Lipinski definition) is 4. The van der Waals surface area contributed by atoms with Crippen molar-refractivity contribution in [1.29, 1.82) is 0 Å². The number of nitrogens with zero attached hydrogens (tertiary/aromatic N) is 2. The molecular formula is C14H14Cl2N4O. The lowest BCUT2D eigenvalue weighted by atomic mass is 10.2. The van der Waals surface area contributed by atoms with Crippen molar-refractivity contribution in [2.75, 3.05) is 17.2 Å². The molecule has 2 heterocycles. The van der Waals surface area contributed by atoms with Crippen LogP contribution in [0.15, 0.2) is 30.5 Å². The maximum absolute atomic E-state index is 12.2. The highest BCUT2D eigenvalue weighted by Crippen LogP contribution is 2.20.